The first-order valence-electron chi connectivity index (χ1n) is 5.12. The van der Waals surface area contributed by atoms with Crippen molar-refractivity contribution in [2.24, 2.45) is 5.92 Å². The Morgan fingerprint density at radius 2 is 1.93 bits per heavy atom. The number of rotatable bonds is 2. The maximum Gasteiger partial charge on any atom is 0.225 e. The largest absolute Gasteiger partial charge is 0.386 e. The second kappa shape index (κ2) is 2.88. The summed E-state index contributed by atoms with van der Waals surface area (Å²) in [5, 5.41) is 10.1. The molecule has 2 aliphatic rings. The number of anilines is 1. The van der Waals surface area contributed by atoms with Crippen molar-refractivity contribution in [3.8, 4) is 0 Å². The number of aliphatic hydroxyl groups is 1. The predicted octanol–water partition coefficient (Wildman–Crippen LogP) is 0.577. The van der Waals surface area contributed by atoms with Crippen molar-refractivity contribution in [3.63, 3.8) is 0 Å². The van der Waals surface area contributed by atoms with Crippen molar-refractivity contribution in [1.82, 2.24) is 9.97 Å². The molecule has 1 aliphatic heterocycles. The van der Waals surface area contributed by atoms with E-state index in [1.807, 2.05) is 4.90 Å². The number of β-amino-alcohol motifs (C(OH)–C–C–N with tert-alkyl or cyclic N) is 1. The minimum atomic E-state index is -0.544. The zero-order valence-electron chi connectivity index (χ0n) is 8.23. The van der Waals surface area contributed by atoms with Crippen LogP contribution in [-0.2, 0) is 0 Å². The fourth-order valence-corrected chi connectivity index (χ4v) is 2.10. The van der Waals surface area contributed by atoms with Crippen LogP contribution in [0.1, 0.15) is 12.8 Å². The molecule has 80 valence electrons. The Hall–Kier alpha value is -1.23. The molecule has 2 fully saturated rings. The fourth-order valence-electron chi connectivity index (χ4n) is 2.10. The third-order valence-electron chi connectivity index (χ3n) is 3.16. The van der Waals surface area contributed by atoms with E-state index < -0.39 is 11.4 Å². The molecule has 1 aromatic rings. The van der Waals surface area contributed by atoms with Gasteiger partial charge in [0, 0.05) is 0 Å². The summed E-state index contributed by atoms with van der Waals surface area (Å²) >= 11 is 0. The Labute approximate surface area is 86.8 Å². The molecule has 5 heteroatoms. The van der Waals surface area contributed by atoms with Crippen LogP contribution in [0, 0.1) is 11.7 Å². The molecule has 0 aromatic carbocycles. The standard InChI is InChI=1S/C10H12FN3O/c11-8-3-12-9(13-4-8)14-5-10(15,6-14)7-1-2-7/h3-4,7,15H,1-2,5-6H2. The smallest absolute Gasteiger partial charge is 0.225 e. The molecular weight excluding hydrogens is 197 g/mol. The van der Waals surface area contributed by atoms with Crippen LogP contribution in [0.2, 0.25) is 0 Å². The van der Waals surface area contributed by atoms with Gasteiger partial charge in [0.1, 0.15) is 5.60 Å². The van der Waals surface area contributed by atoms with E-state index in [9.17, 15) is 9.50 Å². The lowest BCUT2D eigenvalue weighted by molar-refractivity contribution is -0.0102. The van der Waals surface area contributed by atoms with Gasteiger partial charge in [-0.1, -0.05) is 0 Å². The van der Waals surface area contributed by atoms with E-state index in [-0.39, 0.29) is 0 Å². The first-order chi connectivity index (χ1) is 7.17. The van der Waals surface area contributed by atoms with Crippen molar-refractivity contribution < 1.29 is 9.50 Å². The van der Waals surface area contributed by atoms with Gasteiger partial charge in [0.2, 0.25) is 5.95 Å². The molecule has 3 rings (SSSR count). The highest BCUT2D eigenvalue weighted by Gasteiger charge is 2.52. The minimum Gasteiger partial charge on any atom is -0.386 e. The summed E-state index contributed by atoms with van der Waals surface area (Å²) in [6, 6.07) is 0. The van der Waals surface area contributed by atoms with Crippen molar-refractivity contribution in [3.05, 3.63) is 18.2 Å². The first-order valence-corrected chi connectivity index (χ1v) is 5.12. The third kappa shape index (κ3) is 1.47. The maximum absolute atomic E-state index is 12.6. The Morgan fingerprint density at radius 1 is 1.33 bits per heavy atom. The van der Waals surface area contributed by atoms with Crippen molar-refractivity contribution in [2.45, 2.75) is 18.4 Å². The summed E-state index contributed by atoms with van der Waals surface area (Å²) in [5.74, 6) is 0.521. The molecule has 1 aliphatic carbocycles. The van der Waals surface area contributed by atoms with Gasteiger partial charge >= 0.3 is 0 Å². The lowest BCUT2D eigenvalue weighted by atomic mass is 9.89. The highest BCUT2D eigenvalue weighted by Crippen LogP contribution is 2.44. The average molecular weight is 209 g/mol. The molecule has 1 N–H and O–H groups in total. The number of hydrogen-bond donors (Lipinski definition) is 1. The molecule has 1 saturated carbocycles. The van der Waals surface area contributed by atoms with Gasteiger partial charge < -0.3 is 10.0 Å². The van der Waals surface area contributed by atoms with E-state index in [4.69, 9.17) is 0 Å². The molecule has 0 amide bonds. The minimum absolute atomic E-state index is 0.434. The summed E-state index contributed by atoms with van der Waals surface area (Å²) in [6.07, 6.45) is 4.54. The third-order valence-corrected chi connectivity index (χ3v) is 3.16. The second-order valence-electron chi connectivity index (χ2n) is 4.44. The van der Waals surface area contributed by atoms with E-state index in [1.54, 1.807) is 0 Å². The summed E-state index contributed by atoms with van der Waals surface area (Å²) in [7, 11) is 0. The number of halogens is 1. The van der Waals surface area contributed by atoms with E-state index in [0.29, 0.717) is 25.0 Å². The lowest BCUT2D eigenvalue weighted by Crippen LogP contribution is -2.63. The Morgan fingerprint density at radius 3 is 2.47 bits per heavy atom. The zero-order chi connectivity index (χ0) is 10.5. The lowest BCUT2D eigenvalue weighted by Gasteiger charge is -2.46. The van der Waals surface area contributed by atoms with E-state index in [0.717, 1.165) is 25.2 Å². The van der Waals surface area contributed by atoms with Crippen LogP contribution >= 0.6 is 0 Å². The van der Waals surface area contributed by atoms with Gasteiger partial charge in [-0.2, -0.15) is 0 Å². The van der Waals surface area contributed by atoms with Crippen LogP contribution in [0.25, 0.3) is 0 Å². The molecule has 0 atom stereocenters. The normalized spacial score (nSPS) is 23.7. The van der Waals surface area contributed by atoms with E-state index >= 15 is 0 Å². The highest BCUT2D eigenvalue weighted by atomic mass is 19.1. The highest BCUT2D eigenvalue weighted by molar-refractivity contribution is 5.37. The molecule has 4 nitrogen and oxygen atoms in total. The summed E-state index contributed by atoms with van der Waals surface area (Å²) in [6.45, 7) is 1.15. The van der Waals surface area contributed by atoms with Crippen LogP contribution in [0.15, 0.2) is 12.4 Å². The van der Waals surface area contributed by atoms with Crippen LogP contribution in [-0.4, -0.2) is 33.8 Å². The summed E-state index contributed by atoms with van der Waals surface area (Å²) < 4.78 is 12.6. The van der Waals surface area contributed by atoms with Gasteiger partial charge in [-0.15, -0.1) is 0 Å². The fraction of sp³-hybridized carbons (Fsp3) is 0.600. The van der Waals surface area contributed by atoms with Crippen LogP contribution in [0.5, 0.6) is 0 Å². The van der Waals surface area contributed by atoms with Gasteiger partial charge in [-0.05, 0) is 18.8 Å². The number of hydrogen-bond acceptors (Lipinski definition) is 4. The monoisotopic (exact) mass is 209 g/mol. The van der Waals surface area contributed by atoms with E-state index in [2.05, 4.69) is 9.97 Å². The molecule has 0 radical (unpaired) electrons. The van der Waals surface area contributed by atoms with Gasteiger partial charge in [0.15, 0.2) is 5.82 Å². The van der Waals surface area contributed by atoms with Gasteiger partial charge in [-0.25, -0.2) is 14.4 Å². The maximum atomic E-state index is 12.6. The number of nitrogens with zero attached hydrogens (tertiary/aromatic N) is 3. The second-order valence-corrected chi connectivity index (χ2v) is 4.44. The summed E-state index contributed by atoms with van der Waals surface area (Å²) in [4.78, 5) is 9.62. The van der Waals surface area contributed by atoms with Crippen LogP contribution in [0.3, 0.4) is 0 Å². The molecule has 0 bridgehead atoms. The molecule has 0 unspecified atom stereocenters. The van der Waals surface area contributed by atoms with Gasteiger partial charge in [-0.3, -0.25) is 0 Å². The predicted molar refractivity (Wildman–Crippen MR) is 51.9 cm³/mol. The molecule has 1 aromatic heterocycles. The topological polar surface area (TPSA) is 49.2 Å². The number of aromatic nitrogens is 2. The Bertz CT molecular complexity index is 371. The van der Waals surface area contributed by atoms with Crippen molar-refractivity contribution in [1.29, 1.82) is 0 Å². The molecule has 2 heterocycles. The van der Waals surface area contributed by atoms with Crippen molar-refractivity contribution >= 4 is 5.95 Å². The van der Waals surface area contributed by atoms with E-state index in [1.165, 1.54) is 0 Å². The molecule has 0 spiro atoms. The SMILES string of the molecule is OC1(C2CC2)CN(c2ncc(F)cn2)C1. The van der Waals surface area contributed by atoms with Crippen LogP contribution in [0.4, 0.5) is 10.3 Å². The van der Waals surface area contributed by atoms with Gasteiger partial charge in [0.25, 0.3) is 0 Å². The molecule has 15 heavy (non-hydrogen) atoms. The van der Waals surface area contributed by atoms with Gasteiger partial charge in [0.05, 0.1) is 25.5 Å². The Balaban J connectivity index is 1.69. The molecule has 1 saturated heterocycles. The average Bonchev–Trinajstić information content (AvgIpc) is 2.98. The quantitative estimate of drug-likeness (QED) is 0.774. The zero-order valence-corrected chi connectivity index (χ0v) is 8.23. The first kappa shape index (κ1) is 9.03. The Kier molecular flexibility index (Phi) is 1.74. The van der Waals surface area contributed by atoms with Crippen LogP contribution < -0.4 is 4.90 Å². The van der Waals surface area contributed by atoms with Crippen molar-refractivity contribution in [2.75, 3.05) is 18.0 Å². The molecular formula is C10H12FN3O. The summed E-state index contributed by atoms with van der Waals surface area (Å²) in [5.41, 5.74) is -0.544.